The van der Waals surface area contributed by atoms with Gasteiger partial charge in [0.1, 0.15) is 5.75 Å². The number of phenolic OH excluding ortho intramolecular Hbond substituents is 1. The third-order valence-corrected chi connectivity index (χ3v) is 4.18. The number of aromatic hydroxyl groups is 1. The lowest BCUT2D eigenvalue weighted by Crippen LogP contribution is -2.22. The number of rotatable bonds is 4. The number of aryl methyl sites for hydroxylation is 2. The number of phenols is 1. The second-order valence-corrected chi connectivity index (χ2v) is 5.66. The highest BCUT2D eigenvalue weighted by Gasteiger charge is 2.07. The van der Waals surface area contributed by atoms with Gasteiger partial charge in [-0.05, 0) is 49.2 Å². The Morgan fingerprint density at radius 3 is 2.63 bits per heavy atom. The van der Waals surface area contributed by atoms with Gasteiger partial charge in [0.25, 0.3) is 5.91 Å². The highest BCUT2D eigenvalue weighted by molar-refractivity contribution is 7.11. The van der Waals surface area contributed by atoms with E-state index in [1.54, 1.807) is 36.5 Å². The summed E-state index contributed by atoms with van der Waals surface area (Å²) in [5.41, 5.74) is 1.28. The first-order chi connectivity index (χ1) is 9.10. The fourth-order valence-electron chi connectivity index (χ4n) is 1.77. The molecule has 1 heterocycles. The highest BCUT2D eigenvalue weighted by atomic mass is 32.1. The molecule has 3 nitrogen and oxygen atoms in total. The summed E-state index contributed by atoms with van der Waals surface area (Å²) in [6.45, 7) is 4.44. The van der Waals surface area contributed by atoms with Crippen LogP contribution >= 0.6 is 11.3 Å². The molecule has 0 fully saturated rings. The summed E-state index contributed by atoms with van der Waals surface area (Å²) in [7, 11) is 0. The Labute approximate surface area is 116 Å². The quantitative estimate of drug-likeness (QED) is 0.900. The lowest BCUT2D eigenvalue weighted by molar-refractivity contribution is 0.0951. The molecule has 0 bridgehead atoms. The van der Waals surface area contributed by atoms with E-state index in [1.807, 2.05) is 6.07 Å². The van der Waals surface area contributed by atoms with Gasteiger partial charge < -0.3 is 10.4 Å². The summed E-state index contributed by atoms with van der Waals surface area (Å²) in [4.78, 5) is 14.4. The SMILES string of the molecule is CCc1ccc(CNC(=O)c2ccc(O)c(C)c2)s1. The van der Waals surface area contributed by atoms with Gasteiger partial charge in [0.2, 0.25) is 0 Å². The Hall–Kier alpha value is -1.81. The number of hydrogen-bond acceptors (Lipinski definition) is 3. The zero-order valence-corrected chi connectivity index (χ0v) is 11.9. The van der Waals surface area contributed by atoms with Crippen molar-refractivity contribution in [1.29, 1.82) is 0 Å². The summed E-state index contributed by atoms with van der Waals surface area (Å²) in [6.07, 6.45) is 1.02. The summed E-state index contributed by atoms with van der Waals surface area (Å²) in [5.74, 6) is 0.0944. The predicted molar refractivity (Wildman–Crippen MR) is 77.7 cm³/mol. The van der Waals surface area contributed by atoms with Gasteiger partial charge in [-0.2, -0.15) is 0 Å². The van der Waals surface area contributed by atoms with Gasteiger partial charge in [0.15, 0.2) is 0 Å². The Bertz CT molecular complexity index is 590. The molecule has 100 valence electrons. The van der Waals surface area contributed by atoms with Crippen LogP contribution in [0.3, 0.4) is 0 Å². The largest absolute Gasteiger partial charge is 0.508 e. The molecule has 0 radical (unpaired) electrons. The van der Waals surface area contributed by atoms with Crippen LogP contribution in [0.4, 0.5) is 0 Å². The second kappa shape index (κ2) is 5.89. The molecule has 0 saturated heterocycles. The van der Waals surface area contributed by atoms with Crippen LogP contribution in [0.1, 0.15) is 32.6 Å². The van der Waals surface area contributed by atoms with E-state index in [0.717, 1.165) is 11.3 Å². The first-order valence-corrected chi connectivity index (χ1v) is 7.07. The zero-order chi connectivity index (χ0) is 13.8. The second-order valence-electron chi connectivity index (χ2n) is 4.41. The molecule has 19 heavy (non-hydrogen) atoms. The van der Waals surface area contributed by atoms with E-state index in [2.05, 4.69) is 18.3 Å². The van der Waals surface area contributed by atoms with Crippen LogP contribution < -0.4 is 5.32 Å². The number of thiophene rings is 1. The molecular formula is C15H17NO2S. The van der Waals surface area contributed by atoms with Gasteiger partial charge in [-0.15, -0.1) is 11.3 Å². The average Bonchev–Trinajstić information content (AvgIpc) is 2.87. The van der Waals surface area contributed by atoms with E-state index in [-0.39, 0.29) is 11.7 Å². The topological polar surface area (TPSA) is 49.3 Å². The number of nitrogens with one attached hydrogen (secondary N) is 1. The van der Waals surface area contributed by atoms with Gasteiger partial charge >= 0.3 is 0 Å². The molecule has 4 heteroatoms. The van der Waals surface area contributed by atoms with E-state index < -0.39 is 0 Å². The van der Waals surface area contributed by atoms with Crippen molar-refractivity contribution in [1.82, 2.24) is 5.32 Å². The lowest BCUT2D eigenvalue weighted by Gasteiger charge is -2.05. The van der Waals surface area contributed by atoms with Gasteiger partial charge in [0, 0.05) is 15.3 Å². The van der Waals surface area contributed by atoms with E-state index in [0.29, 0.717) is 17.7 Å². The first-order valence-electron chi connectivity index (χ1n) is 6.25. The Balaban J connectivity index is 1.99. The van der Waals surface area contributed by atoms with E-state index in [9.17, 15) is 9.90 Å². The van der Waals surface area contributed by atoms with Crippen molar-refractivity contribution in [2.24, 2.45) is 0 Å². The highest BCUT2D eigenvalue weighted by Crippen LogP contribution is 2.18. The van der Waals surface area contributed by atoms with Gasteiger partial charge in [0.05, 0.1) is 6.54 Å². The van der Waals surface area contributed by atoms with Crippen molar-refractivity contribution in [3.8, 4) is 5.75 Å². The summed E-state index contributed by atoms with van der Waals surface area (Å²) < 4.78 is 0. The minimum atomic E-state index is -0.116. The molecule has 0 spiro atoms. The van der Waals surface area contributed by atoms with Crippen LogP contribution in [0, 0.1) is 6.92 Å². The van der Waals surface area contributed by atoms with Crippen LogP contribution in [-0.4, -0.2) is 11.0 Å². The fourth-order valence-corrected chi connectivity index (χ4v) is 2.67. The van der Waals surface area contributed by atoms with Crippen molar-refractivity contribution in [2.75, 3.05) is 0 Å². The predicted octanol–water partition coefficient (Wildman–Crippen LogP) is 3.25. The molecule has 1 aromatic heterocycles. The molecule has 2 rings (SSSR count). The number of carbonyl (C=O) groups is 1. The first kappa shape index (κ1) is 13.6. The van der Waals surface area contributed by atoms with Crippen LogP contribution in [0.25, 0.3) is 0 Å². The summed E-state index contributed by atoms with van der Waals surface area (Å²) in [6, 6.07) is 9.01. The number of benzene rings is 1. The third-order valence-electron chi connectivity index (χ3n) is 2.95. The smallest absolute Gasteiger partial charge is 0.251 e. The Morgan fingerprint density at radius 1 is 1.26 bits per heavy atom. The molecule has 2 N–H and O–H groups in total. The molecule has 0 aliphatic rings. The lowest BCUT2D eigenvalue weighted by atomic mass is 10.1. The monoisotopic (exact) mass is 275 g/mol. The average molecular weight is 275 g/mol. The number of amides is 1. The molecule has 0 unspecified atom stereocenters. The maximum Gasteiger partial charge on any atom is 0.251 e. The normalized spacial score (nSPS) is 10.4. The Morgan fingerprint density at radius 2 is 2.00 bits per heavy atom. The molecule has 1 amide bonds. The van der Waals surface area contributed by atoms with Gasteiger partial charge in [-0.3, -0.25) is 4.79 Å². The van der Waals surface area contributed by atoms with E-state index >= 15 is 0 Å². The molecule has 0 saturated carbocycles. The van der Waals surface area contributed by atoms with Gasteiger partial charge in [-0.1, -0.05) is 6.92 Å². The number of carbonyl (C=O) groups excluding carboxylic acids is 1. The van der Waals surface area contributed by atoms with E-state index in [1.165, 1.54) is 4.88 Å². The van der Waals surface area contributed by atoms with Crippen LogP contribution in [-0.2, 0) is 13.0 Å². The van der Waals surface area contributed by atoms with Crippen LogP contribution in [0.15, 0.2) is 30.3 Å². The minimum absolute atomic E-state index is 0.116. The number of hydrogen-bond donors (Lipinski definition) is 2. The van der Waals surface area contributed by atoms with Crippen molar-refractivity contribution in [3.63, 3.8) is 0 Å². The molecule has 2 aromatic rings. The third kappa shape index (κ3) is 3.35. The van der Waals surface area contributed by atoms with Crippen molar-refractivity contribution in [3.05, 3.63) is 51.2 Å². The zero-order valence-electron chi connectivity index (χ0n) is 11.1. The maximum absolute atomic E-state index is 12.0. The minimum Gasteiger partial charge on any atom is -0.508 e. The molecule has 1 aromatic carbocycles. The summed E-state index contributed by atoms with van der Waals surface area (Å²) >= 11 is 1.72. The molecule has 0 aliphatic heterocycles. The molecule has 0 atom stereocenters. The maximum atomic E-state index is 12.0. The van der Waals surface area contributed by atoms with Crippen LogP contribution in [0.5, 0.6) is 5.75 Å². The van der Waals surface area contributed by atoms with Crippen LogP contribution in [0.2, 0.25) is 0 Å². The molecular weight excluding hydrogens is 258 g/mol. The summed E-state index contributed by atoms with van der Waals surface area (Å²) in [5, 5.41) is 12.3. The van der Waals surface area contributed by atoms with Crippen molar-refractivity contribution >= 4 is 17.2 Å². The standard InChI is InChI=1S/C15H17NO2S/c1-3-12-5-6-13(19-12)9-16-15(18)11-4-7-14(17)10(2)8-11/h4-8,17H,3,9H2,1-2H3,(H,16,18). The van der Waals surface area contributed by atoms with Crippen molar-refractivity contribution < 1.29 is 9.90 Å². The fraction of sp³-hybridized carbons (Fsp3) is 0.267. The molecule has 0 aliphatic carbocycles. The Kier molecular flexibility index (Phi) is 4.22. The van der Waals surface area contributed by atoms with Gasteiger partial charge in [-0.25, -0.2) is 0 Å². The van der Waals surface area contributed by atoms with E-state index in [4.69, 9.17) is 0 Å². The van der Waals surface area contributed by atoms with Crippen molar-refractivity contribution in [2.45, 2.75) is 26.8 Å².